The van der Waals surface area contributed by atoms with Crippen LogP contribution >= 0.6 is 0 Å². The average Bonchev–Trinajstić information content (AvgIpc) is 3.28. The molecule has 0 bridgehead atoms. The molecule has 2 aromatic rings. The molecule has 2 amide bonds. The summed E-state index contributed by atoms with van der Waals surface area (Å²) < 4.78 is 12.4. The summed E-state index contributed by atoms with van der Waals surface area (Å²) in [5.41, 5.74) is 1.09. The summed E-state index contributed by atoms with van der Waals surface area (Å²) in [5, 5.41) is 7.96. The Hall–Kier alpha value is -2.87. The van der Waals surface area contributed by atoms with Gasteiger partial charge < -0.3 is 19.7 Å². The third-order valence-corrected chi connectivity index (χ3v) is 6.99. The number of nitrogens with zero attached hydrogens (tertiary/aromatic N) is 3. The van der Waals surface area contributed by atoms with E-state index in [4.69, 9.17) is 14.6 Å². The number of carbonyl (C=O) groups excluding carboxylic acids is 2. The molecule has 1 aliphatic carbocycles. The Balaban J connectivity index is 1.61. The Morgan fingerprint density at radius 2 is 1.94 bits per heavy atom. The van der Waals surface area contributed by atoms with Crippen LogP contribution in [0.4, 0.5) is 0 Å². The molecule has 0 spiro atoms. The van der Waals surface area contributed by atoms with Crippen molar-refractivity contribution in [1.82, 2.24) is 20.0 Å². The number of amides is 2. The van der Waals surface area contributed by atoms with Gasteiger partial charge in [-0.2, -0.15) is 5.10 Å². The van der Waals surface area contributed by atoms with Crippen molar-refractivity contribution in [3.8, 4) is 17.0 Å². The zero-order chi connectivity index (χ0) is 24.1. The second-order valence-corrected chi connectivity index (χ2v) is 9.39. The zero-order valence-electron chi connectivity index (χ0n) is 20.5. The summed E-state index contributed by atoms with van der Waals surface area (Å²) in [7, 11) is 1.63. The first kappa shape index (κ1) is 24.3. The lowest BCUT2D eigenvalue weighted by molar-refractivity contribution is -0.134. The summed E-state index contributed by atoms with van der Waals surface area (Å²) in [6.07, 6.45) is 6.14. The van der Waals surface area contributed by atoms with Crippen molar-refractivity contribution in [3.05, 3.63) is 36.0 Å². The van der Waals surface area contributed by atoms with Gasteiger partial charge in [0.15, 0.2) is 0 Å². The van der Waals surface area contributed by atoms with E-state index in [1.54, 1.807) is 16.7 Å². The standard InChI is InChI=1S/C26H36N4O4/c1-4-34-16-8-15-29-24(31)23-17-22(19-11-13-21(33-3)14-12-19)28-30(23)18-26(29,2)25(32)27-20-9-6-5-7-10-20/h11-14,17,20H,4-10,15-16,18H2,1-3H3,(H,27,32)/t26-/m0/s1. The summed E-state index contributed by atoms with van der Waals surface area (Å²) in [4.78, 5) is 29.0. The van der Waals surface area contributed by atoms with Crippen LogP contribution < -0.4 is 10.1 Å². The first-order valence-electron chi connectivity index (χ1n) is 12.4. The number of hydrogen-bond acceptors (Lipinski definition) is 5. The molecule has 0 radical (unpaired) electrons. The van der Waals surface area contributed by atoms with E-state index in [1.807, 2.05) is 44.2 Å². The molecule has 1 saturated carbocycles. The number of aromatic nitrogens is 2. The van der Waals surface area contributed by atoms with Crippen LogP contribution in [0.1, 0.15) is 62.9 Å². The Kier molecular flexibility index (Phi) is 7.56. The van der Waals surface area contributed by atoms with Gasteiger partial charge in [0, 0.05) is 31.4 Å². The highest BCUT2D eigenvalue weighted by molar-refractivity contribution is 6.00. The Bertz CT molecular complexity index is 997. The number of fused-ring (bicyclic) bond motifs is 1. The second kappa shape index (κ2) is 10.6. The normalized spacial score (nSPS) is 20.8. The van der Waals surface area contributed by atoms with Crippen LogP contribution in [-0.2, 0) is 16.1 Å². The van der Waals surface area contributed by atoms with Gasteiger partial charge in [-0.05, 0) is 63.4 Å². The van der Waals surface area contributed by atoms with Gasteiger partial charge in [-0.1, -0.05) is 19.3 Å². The molecule has 1 fully saturated rings. The smallest absolute Gasteiger partial charge is 0.273 e. The summed E-state index contributed by atoms with van der Waals surface area (Å²) in [6.45, 7) is 5.77. The van der Waals surface area contributed by atoms with Crippen molar-refractivity contribution < 1.29 is 19.1 Å². The van der Waals surface area contributed by atoms with Crippen LogP contribution in [0.25, 0.3) is 11.3 Å². The van der Waals surface area contributed by atoms with Gasteiger partial charge in [-0.15, -0.1) is 0 Å². The van der Waals surface area contributed by atoms with Gasteiger partial charge in [0.2, 0.25) is 5.91 Å². The van der Waals surface area contributed by atoms with Crippen LogP contribution in [0.15, 0.2) is 30.3 Å². The van der Waals surface area contributed by atoms with E-state index in [9.17, 15) is 9.59 Å². The molecule has 2 heterocycles. The molecule has 8 nitrogen and oxygen atoms in total. The van der Waals surface area contributed by atoms with E-state index in [0.717, 1.165) is 37.0 Å². The topological polar surface area (TPSA) is 85.7 Å². The predicted molar refractivity (Wildman–Crippen MR) is 130 cm³/mol. The fourth-order valence-electron chi connectivity index (χ4n) is 4.95. The molecular weight excluding hydrogens is 432 g/mol. The monoisotopic (exact) mass is 468 g/mol. The molecule has 0 unspecified atom stereocenters. The lowest BCUT2D eigenvalue weighted by Gasteiger charge is -2.44. The Morgan fingerprint density at radius 1 is 1.21 bits per heavy atom. The number of methoxy groups -OCH3 is 1. The summed E-state index contributed by atoms with van der Waals surface area (Å²) >= 11 is 0. The molecule has 1 aliphatic heterocycles. The Morgan fingerprint density at radius 3 is 2.62 bits per heavy atom. The largest absolute Gasteiger partial charge is 0.497 e. The average molecular weight is 469 g/mol. The lowest BCUT2D eigenvalue weighted by Crippen LogP contribution is -2.65. The fourth-order valence-corrected chi connectivity index (χ4v) is 4.95. The summed E-state index contributed by atoms with van der Waals surface area (Å²) in [6, 6.07) is 9.58. The van der Waals surface area contributed by atoms with E-state index in [0.29, 0.717) is 44.1 Å². The third-order valence-electron chi connectivity index (χ3n) is 6.99. The quantitative estimate of drug-likeness (QED) is 0.568. The van der Waals surface area contributed by atoms with Gasteiger partial charge in [-0.3, -0.25) is 14.3 Å². The number of benzene rings is 1. The maximum atomic E-state index is 13.7. The van der Waals surface area contributed by atoms with Gasteiger partial charge in [0.1, 0.15) is 17.0 Å². The SMILES string of the molecule is CCOCCCN1C(=O)c2cc(-c3ccc(OC)cc3)nn2C[C@@]1(C)C(=O)NC1CCCCC1. The highest BCUT2D eigenvalue weighted by Gasteiger charge is 2.48. The minimum absolute atomic E-state index is 0.101. The first-order chi connectivity index (χ1) is 16.5. The highest BCUT2D eigenvalue weighted by atomic mass is 16.5. The third kappa shape index (κ3) is 4.97. The van der Waals surface area contributed by atoms with Crippen molar-refractivity contribution in [2.45, 2.75) is 70.5 Å². The van der Waals surface area contributed by atoms with Crippen molar-refractivity contribution in [3.63, 3.8) is 0 Å². The summed E-state index contributed by atoms with van der Waals surface area (Å²) in [5.74, 6) is 0.490. The van der Waals surface area contributed by atoms with Crippen LogP contribution in [0.3, 0.4) is 0 Å². The number of hydrogen-bond donors (Lipinski definition) is 1. The van der Waals surface area contributed by atoms with Gasteiger partial charge in [0.25, 0.3) is 5.91 Å². The van der Waals surface area contributed by atoms with E-state index >= 15 is 0 Å². The van der Waals surface area contributed by atoms with Crippen LogP contribution in [0, 0.1) is 0 Å². The predicted octanol–water partition coefficient (Wildman–Crippen LogP) is 3.65. The molecule has 1 aromatic carbocycles. The molecule has 1 aromatic heterocycles. The second-order valence-electron chi connectivity index (χ2n) is 9.39. The van der Waals surface area contributed by atoms with E-state index in [1.165, 1.54) is 6.42 Å². The molecule has 1 N–H and O–H groups in total. The molecule has 0 saturated heterocycles. The number of carbonyl (C=O) groups is 2. The fraction of sp³-hybridized carbons (Fsp3) is 0.577. The maximum absolute atomic E-state index is 13.7. The molecular formula is C26H36N4O4. The van der Waals surface area contributed by atoms with Crippen LogP contribution in [-0.4, -0.2) is 64.9 Å². The van der Waals surface area contributed by atoms with Gasteiger partial charge in [0.05, 0.1) is 19.3 Å². The minimum atomic E-state index is -1.02. The zero-order valence-corrected chi connectivity index (χ0v) is 20.5. The number of rotatable bonds is 9. The van der Waals surface area contributed by atoms with Crippen molar-refractivity contribution in [2.24, 2.45) is 0 Å². The molecule has 2 aliphatic rings. The Labute approximate surface area is 201 Å². The van der Waals surface area contributed by atoms with Crippen LogP contribution in [0.2, 0.25) is 0 Å². The highest BCUT2D eigenvalue weighted by Crippen LogP contribution is 2.31. The van der Waals surface area contributed by atoms with Gasteiger partial charge in [-0.25, -0.2) is 0 Å². The van der Waals surface area contributed by atoms with Gasteiger partial charge >= 0.3 is 0 Å². The molecule has 1 atom stereocenters. The molecule has 4 rings (SSSR count). The van der Waals surface area contributed by atoms with Crippen molar-refractivity contribution >= 4 is 11.8 Å². The molecule has 8 heteroatoms. The van der Waals surface area contributed by atoms with E-state index in [2.05, 4.69) is 5.32 Å². The van der Waals surface area contributed by atoms with E-state index < -0.39 is 5.54 Å². The van der Waals surface area contributed by atoms with Crippen molar-refractivity contribution in [2.75, 3.05) is 26.9 Å². The van der Waals surface area contributed by atoms with Crippen LogP contribution in [0.5, 0.6) is 5.75 Å². The first-order valence-corrected chi connectivity index (χ1v) is 12.4. The number of nitrogens with one attached hydrogen (secondary N) is 1. The molecule has 184 valence electrons. The van der Waals surface area contributed by atoms with E-state index in [-0.39, 0.29) is 17.9 Å². The minimum Gasteiger partial charge on any atom is -0.497 e. The maximum Gasteiger partial charge on any atom is 0.273 e. The molecule has 34 heavy (non-hydrogen) atoms. The van der Waals surface area contributed by atoms with Crippen molar-refractivity contribution in [1.29, 1.82) is 0 Å². The lowest BCUT2D eigenvalue weighted by atomic mass is 9.91. The number of ether oxygens (including phenoxy) is 2.